The average Bonchev–Trinajstić information content (AvgIpc) is 2.92. The topological polar surface area (TPSA) is 47.7 Å². The van der Waals surface area contributed by atoms with Gasteiger partial charge in [0.15, 0.2) is 0 Å². The molecule has 2 aliphatic heterocycles. The molecule has 1 aromatic rings. The first-order valence-corrected chi connectivity index (χ1v) is 7.02. The number of nitrogens with zero attached hydrogens (tertiary/aromatic N) is 1. The third-order valence-electron chi connectivity index (χ3n) is 4.28. The molecule has 104 valence electrons. The van der Waals surface area contributed by atoms with Gasteiger partial charge < -0.3 is 15.2 Å². The molecule has 4 nitrogen and oxygen atoms in total. The molecule has 0 amide bonds. The van der Waals surface area contributed by atoms with E-state index < -0.39 is 0 Å². The van der Waals surface area contributed by atoms with Crippen LogP contribution in [0.5, 0.6) is 11.5 Å². The van der Waals surface area contributed by atoms with Crippen molar-refractivity contribution in [1.82, 2.24) is 4.90 Å². The molecule has 2 unspecified atom stereocenters. The number of rotatable bonds is 2. The fraction of sp³-hybridized carbons (Fsp3) is 0.600. The first kappa shape index (κ1) is 12.8. The van der Waals surface area contributed by atoms with Gasteiger partial charge in [0.1, 0.15) is 18.1 Å². The van der Waals surface area contributed by atoms with Gasteiger partial charge in [-0.05, 0) is 45.0 Å². The number of ether oxygens (including phenoxy) is 2. The van der Waals surface area contributed by atoms with Crippen LogP contribution in [-0.4, -0.2) is 37.7 Å². The summed E-state index contributed by atoms with van der Waals surface area (Å²) in [6, 6.07) is 4.48. The van der Waals surface area contributed by atoms with Crippen LogP contribution in [0.2, 0.25) is 0 Å². The van der Waals surface area contributed by atoms with Crippen LogP contribution in [0.15, 0.2) is 12.1 Å². The number of nitrogens with two attached hydrogens (primary N) is 1. The van der Waals surface area contributed by atoms with Crippen molar-refractivity contribution in [3.8, 4) is 11.5 Å². The second-order valence-corrected chi connectivity index (χ2v) is 5.47. The molecule has 0 aliphatic carbocycles. The molecule has 3 rings (SSSR count). The Labute approximate surface area is 114 Å². The molecule has 0 bridgehead atoms. The van der Waals surface area contributed by atoms with Crippen LogP contribution in [0.4, 0.5) is 0 Å². The molecule has 4 heteroatoms. The Morgan fingerprint density at radius 3 is 2.74 bits per heavy atom. The predicted octanol–water partition coefficient (Wildman–Crippen LogP) is 1.86. The highest BCUT2D eigenvalue weighted by Gasteiger charge is 2.35. The molecule has 1 saturated heterocycles. The highest BCUT2D eigenvalue weighted by Crippen LogP contribution is 2.41. The van der Waals surface area contributed by atoms with Gasteiger partial charge in [-0.15, -0.1) is 0 Å². The summed E-state index contributed by atoms with van der Waals surface area (Å²) in [4.78, 5) is 2.50. The monoisotopic (exact) mass is 262 g/mol. The summed E-state index contributed by atoms with van der Waals surface area (Å²) in [5.41, 5.74) is 8.60. The lowest BCUT2D eigenvalue weighted by Crippen LogP contribution is -2.46. The highest BCUT2D eigenvalue weighted by atomic mass is 16.5. The van der Waals surface area contributed by atoms with Crippen molar-refractivity contribution in [3.05, 3.63) is 23.3 Å². The lowest BCUT2D eigenvalue weighted by Gasteiger charge is -2.38. The van der Waals surface area contributed by atoms with E-state index in [0.717, 1.165) is 30.2 Å². The number of benzene rings is 1. The van der Waals surface area contributed by atoms with E-state index in [0.29, 0.717) is 6.61 Å². The second kappa shape index (κ2) is 5.02. The van der Waals surface area contributed by atoms with Gasteiger partial charge in [0.25, 0.3) is 0 Å². The van der Waals surface area contributed by atoms with Gasteiger partial charge >= 0.3 is 0 Å². The summed E-state index contributed by atoms with van der Waals surface area (Å²) in [7, 11) is 1.70. The lowest BCUT2D eigenvalue weighted by molar-refractivity contribution is 0.139. The average molecular weight is 262 g/mol. The molecule has 2 aliphatic rings. The van der Waals surface area contributed by atoms with E-state index in [-0.39, 0.29) is 12.1 Å². The number of methoxy groups -OCH3 is 1. The Kier molecular flexibility index (Phi) is 3.37. The van der Waals surface area contributed by atoms with Crippen molar-refractivity contribution >= 4 is 0 Å². The minimum Gasteiger partial charge on any atom is -0.496 e. The number of likely N-dealkylation sites (tertiary alicyclic amines) is 1. The highest BCUT2D eigenvalue weighted by molar-refractivity contribution is 5.52. The SMILES string of the molecule is COc1ccc2c(c1C)OCC(N)C2N1CCCC1. The summed E-state index contributed by atoms with van der Waals surface area (Å²) >= 11 is 0. The number of hydrogen-bond donors (Lipinski definition) is 1. The maximum absolute atomic E-state index is 6.30. The molecule has 1 aromatic carbocycles. The quantitative estimate of drug-likeness (QED) is 0.884. The molecule has 0 aromatic heterocycles. The van der Waals surface area contributed by atoms with Gasteiger partial charge in [0.2, 0.25) is 0 Å². The van der Waals surface area contributed by atoms with Gasteiger partial charge in [-0.1, -0.05) is 0 Å². The standard InChI is InChI=1S/C15H22N2O2/c1-10-13(18-2)6-5-11-14(17-7-3-4-8-17)12(16)9-19-15(10)11/h5-6,12,14H,3-4,7-9,16H2,1-2H3. The Morgan fingerprint density at radius 2 is 2.05 bits per heavy atom. The maximum atomic E-state index is 6.30. The van der Waals surface area contributed by atoms with Crippen molar-refractivity contribution in [2.75, 3.05) is 26.8 Å². The molecule has 2 heterocycles. The van der Waals surface area contributed by atoms with Gasteiger partial charge in [-0.2, -0.15) is 0 Å². The fourth-order valence-electron chi connectivity index (χ4n) is 3.33. The number of fused-ring (bicyclic) bond motifs is 1. The van der Waals surface area contributed by atoms with Gasteiger partial charge in [0, 0.05) is 11.1 Å². The summed E-state index contributed by atoms with van der Waals surface area (Å²) in [5.74, 6) is 1.85. The molecule has 19 heavy (non-hydrogen) atoms. The van der Waals surface area contributed by atoms with E-state index in [2.05, 4.69) is 17.9 Å². The van der Waals surface area contributed by atoms with E-state index >= 15 is 0 Å². The summed E-state index contributed by atoms with van der Waals surface area (Å²) in [6.45, 7) is 4.92. The van der Waals surface area contributed by atoms with Crippen molar-refractivity contribution in [1.29, 1.82) is 0 Å². The predicted molar refractivity (Wildman–Crippen MR) is 74.7 cm³/mol. The fourth-order valence-corrected chi connectivity index (χ4v) is 3.33. The first-order valence-electron chi connectivity index (χ1n) is 7.02. The zero-order valence-corrected chi connectivity index (χ0v) is 11.7. The Hall–Kier alpha value is -1.26. The minimum absolute atomic E-state index is 0.0541. The third kappa shape index (κ3) is 2.09. The van der Waals surface area contributed by atoms with Crippen molar-refractivity contribution in [3.63, 3.8) is 0 Å². The van der Waals surface area contributed by atoms with E-state index in [1.54, 1.807) is 7.11 Å². The molecule has 1 fully saturated rings. The third-order valence-corrected chi connectivity index (χ3v) is 4.28. The molecular formula is C15H22N2O2. The van der Waals surface area contributed by atoms with E-state index in [9.17, 15) is 0 Å². The van der Waals surface area contributed by atoms with Crippen molar-refractivity contribution in [2.24, 2.45) is 5.73 Å². The number of hydrogen-bond acceptors (Lipinski definition) is 4. The molecule has 2 atom stereocenters. The molecule has 2 N–H and O–H groups in total. The van der Waals surface area contributed by atoms with E-state index in [4.69, 9.17) is 15.2 Å². The van der Waals surface area contributed by atoms with Crippen molar-refractivity contribution in [2.45, 2.75) is 31.8 Å². The van der Waals surface area contributed by atoms with Crippen molar-refractivity contribution < 1.29 is 9.47 Å². The minimum atomic E-state index is 0.0541. The summed E-state index contributed by atoms with van der Waals surface area (Å²) in [5, 5.41) is 0. The van der Waals surface area contributed by atoms with Crippen LogP contribution >= 0.6 is 0 Å². The largest absolute Gasteiger partial charge is 0.496 e. The van der Waals surface area contributed by atoms with Crippen LogP contribution in [0.25, 0.3) is 0 Å². The van der Waals surface area contributed by atoms with Crippen LogP contribution < -0.4 is 15.2 Å². The van der Waals surface area contributed by atoms with Crippen LogP contribution in [0.3, 0.4) is 0 Å². The molecule has 0 spiro atoms. The van der Waals surface area contributed by atoms with E-state index in [1.807, 2.05) is 6.07 Å². The van der Waals surface area contributed by atoms with E-state index in [1.165, 1.54) is 18.4 Å². The zero-order valence-electron chi connectivity index (χ0n) is 11.7. The summed E-state index contributed by atoms with van der Waals surface area (Å²) < 4.78 is 11.2. The van der Waals surface area contributed by atoms with Gasteiger partial charge in [-0.25, -0.2) is 0 Å². The molecular weight excluding hydrogens is 240 g/mol. The molecule has 0 radical (unpaired) electrons. The second-order valence-electron chi connectivity index (χ2n) is 5.47. The van der Waals surface area contributed by atoms with Crippen LogP contribution in [0.1, 0.15) is 30.0 Å². The zero-order chi connectivity index (χ0) is 13.4. The van der Waals surface area contributed by atoms with Gasteiger partial charge in [-0.3, -0.25) is 4.90 Å². The van der Waals surface area contributed by atoms with Gasteiger partial charge in [0.05, 0.1) is 19.2 Å². The molecule has 0 saturated carbocycles. The van der Waals surface area contributed by atoms with Crippen LogP contribution in [0, 0.1) is 6.92 Å². The Morgan fingerprint density at radius 1 is 1.32 bits per heavy atom. The smallest absolute Gasteiger partial charge is 0.130 e. The lowest BCUT2D eigenvalue weighted by atomic mass is 9.93. The van der Waals surface area contributed by atoms with Crippen LogP contribution in [-0.2, 0) is 0 Å². The maximum Gasteiger partial charge on any atom is 0.130 e. The first-order chi connectivity index (χ1) is 9.22. The Bertz CT molecular complexity index is 469. The Balaban J connectivity index is 2.02. The summed E-state index contributed by atoms with van der Waals surface area (Å²) in [6.07, 6.45) is 2.54. The normalized spacial score (nSPS) is 26.9.